The number of aliphatic carboxylic acids is 1. The van der Waals surface area contributed by atoms with Gasteiger partial charge in [0, 0.05) is 5.39 Å². The van der Waals surface area contributed by atoms with Crippen LogP contribution in [0.1, 0.15) is 17.3 Å². The molecule has 6 heteroatoms. The van der Waals surface area contributed by atoms with Crippen LogP contribution in [0.2, 0.25) is 0 Å². The van der Waals surface area contributed by atoms with Gasteiger partial charge in [0.2, 0.25) is 6.20 Å². The largest absolute Gasteiger partial charge is 0.480 e. The number of carboxylic acid groups (broad SMARTS) is 1. The van der Waals surface area contributed by atoms with Gasteiger partial charge < -0.3 is 10.4 Å². The summed E-state index contributed by atoms with van der Waals surface area (Å²) in [6, 6.07) is 6.28. The molecule has 98 valence electrons. The number of carbonyl (C=O) groups excluding carboxylic acids is 1. The monoisotopic (exact) mass is 260 g/mol. The molecule has 1 aromatic carbocycles. The van der Waals surface area contributed by atoms with E-state index in [1.165, 1.54) is 11.6 Å². The normalized spacial score (nSPS) is 12.1. The van der Waals surface area contributed by atoms with E-state index >= 15 is 0 Å². The summed E-state index contributed by atoms with van der Waals surface area (Å²) in [6.07, 6.45) is 1.58. The number of aromatic nitrogens is 2. The van der Waals surface area contributed by atoms with Crippen LogP contribution >= 0.6 is 0 Å². The molecular formula is C13H14N3O3+. The average molecular weight is 260 g/mol. The summed E-state index contributed by atoms with van der Waals surface area (Å²) in [6.45, 7) is 1.42. The number of nitrogens with zero attached hydrogens (tertiary/aromatic N) is 2. The second-order valence-electron chi connectivity index (χ2n) is 4.27. The van der Waals surface area contributed by atoms with Crippen molar-refractivity contribution < 1.29 is 19.4 Å². The highest BCUT2D eigenvalue weighted by molar-refractivity contribution is 6.06. The number of carboxylic acids is 1. The van der Waals surface area contributed by atoms with Crippen LogP contribution in [0.3, 0.4) is 0 Å². The molecular weight excluding hydrogens is 246 g/mol. The maximum Gasteiger partial charge on any atom is 0.325 e. The van der Waals surface area contributed by atoms with Gasteiger partial charge in [-0.15, -0.1) is 0 Å². The summed E-state index contributed by atoms with van der Waals surface area (Å²) in [4.78, 5) is 22.9. The Hall–Kier alpha value is -2.50. The third-order valence-electron chi connectivity index (χ3n) is 2.74. The Morgan fingerprint density at radius 1 is 1.37 bits per heavy atom. The molecule has 0 saturated heterocycles. The number of benzene rings is 1. The molecule has 0 aliphatic heterocycles. The van der Waals surface area contributed by atoms with Crippen molar-refractivity contribution in [1.29, 1.82) is 0 Å². The predicted octanol–water partition coefficient (Wildman–Crippen LogP) is 0.262. The van der Waals surface area contributed by atoms with Crippen LogP contribution in [0.4, 0.5) is 0 Å². The molecule has 2 rings (SSSR count). The molecule has 6 nitrogen and oxygen atoms in total. The molecule has 0 fully saturated rings. The van der Waals surface area contributed by atoms with Crippen molar-refractivity contribution in [1.82, 2.24) is 10.4 Å². The third-order valence-corrected chi connectivity index (χ3v) is 2.74. The van der Waals surface area contributed by atoms with Crippen molar-refractivity contribution in [3.05, 3.63) is 36.0 Å². The first-order valence-electron chi connectivity index (χ1n) is 5.78. The van der Waals surface area contributed by atoms with Gasteiger partial charge in [-0.1, -0.05) is 22.9 Å². The number of hydrogen-bond acceptors (Lipinski definition) is 3. The lowest BCUT2D eigenvalue weighted by atomic mass is 10.1. The van der Waals surface area contributed by atoms with E-state index in [9.17, 15) is 9.59 Å². The molecule has 0 spiro atoms. The van der Waals surface area contributed by atoms with E-state index in [-0.39, 0.29) is 0 Å². The summed E-state index contributed by atoms with van der Waals surface area (Å²) < 4.78 is 1.53. The first-order chi connectivity index (χ1) is 8.99. The number of hydrogen-bond donors (Lipinski definition) is 2. The van der Waals surface area contributed by atoms with Crippen LogP contribution < -0.4 is 10.00 Å². The summed E-state index contributed by atoms with van der Waals surface area (Å²) in [5, 5.41) is 16.2. The zero-order valence-corrected chi connectivity index (χ0v) is 10.6. The fourth-order valence-corrected chi connectivity index (χ4v) is 1.76. The highest BCUT2D eigenvalue weighted by atomic mass is 16.4. The Kier molecular flexibility index (Phi) is 3.41. The van der Waals surface area contributed by atoms with E-state index in [0.29, 0.717) is 16.5 Å². The molecule has 0 bridgehead atoms. The van der Waals surface area contributed by atoms with Gasteiger partial charge in [0.1, 0.15) is 17.1 Å². The zero-order chi connectivity index (χ0) is 14.0. The molecule has 1 amide bonds. The molecule has 1 aromatic heterocycles. The first-order valence-corrected chi connectivity index (χ1v) is 5.78. The summed E-state index contributed by atoms with van der Waals surface area (Å²) in [5.74, 6) is -1.50. The van der Waals surface area contributed by atoms with Gasteiger partial charge in [0.25, 0.3) is 5.91 Å². The molecule has 2 aromatic rings. The minimum absolute atomic E-state index is 0.404. The highest BCUT2D eigenvalue weighted by Crippen LogP contribution is 2.14. The van der Waals surface area contributed by atoms with Gasteiger partial charge in [-0.2, -0.15) is 0 Å². The third kappa shape index (κ3) is 2.67. The van der Waals surface area contributed by atoms with E-state index in [0.717, 1.165) is 0 Å². The number of nitrogens with one attached hydrogen (secondary N) is 1. The van der Waals surface area contributed by atoms with Gasteiger partial charge in [-0.25, -0.2) is 0 Å². The van der Waals surface area contributed by atoms with Crippen molar-refractivity contribution >= 4 is 22.8 Å². The molecule has 1 atom stereocenters. The first kappa shape index (κ1) is 12.9. The summed E-state index contributed by atoms with van der Waals surface area (Å²) in [7, 11) is 1.71. The van der Waals surface area contributed by atoms with Crippen molar-refractivity contribution in [2.75, 3.05) is 0 Å². The van der Waals surface area contributed by atoms with Gasteiger partial charge in [0.15, 0.2) is 7.05 Å². The van der Waals surface area contributed by atoms with Crippen molar-refractivity contribution in [2.24, 2.45) is 7.05 Å². The molecule has 0 saturated carbocycles. The van der Waals surface area contributed by atoms with Gasteiger partial charge >= 0.3 is 5.97 Å². The van der Waals surface area contributed by atoms with E-state index in [4.69, 9.17) is 5.11 Å². The number of aryl methyl sites for hydroxylation is 1. The SMILES string of the molecule is CC(NC(=O)c1c[n+](C)nc2ccccc12)C(=O)O. The molecule has 0 aliphatic carbocycles. The minimum atomic E-state index is -1.07. The van der Waals surface area contributed by atoms with Crippen LogP contribution in [0.15, 0.2) is 30.5 Å². The minimum Gasteiger partial charge on any atom is -0.480 e. The number of amides is 1. The fourth-order valence-electron chi connectivity index (χ4n) is 1.76. The van der Waals surface area contributed by atoms with Crippen molar-refractivity contribution in [2.45, 2.75) is 13.0 Å². The van der Waals surface area contributed by atoms with Gasteiger partial charge in [-0.05, 0) is 18.1 Å². The van der Waals surface area contributed by atoms with E-state index in [2.05, 4.69) is 10.4 Å². The lowest BCUT2D eigenvalue weighted by molar-refractivity contribution is -0.728. The fraction of sp³-hybridized carbons (Fsp3) is 0.231. The second kappa shape index (κ2) is 5.01. The van der Waals surface area contributed by atoms with Crippen LogP contribution in [0.5, 0.6) is 0 Å². The zero-order valence-electron chi connectivity index (χ0n) is 10.6. The maximum atomic E-state index is 12.1. The van der Waals surface area contributed by atoms with Gasteiger partial charge in [0.05, 0.1) is 0 Å². The summed E-state index contributed by atoms with van der Waals surface area (Å²) in [5.41, 5.74) is 1.09. The number of rotatable bonds is 3. The highest BCUT2D eigenvalue weighted by Gasteiger charge is 2.20. The molecule has 1 unspecified atom stereocenters. The average Bonchev–Trinajstić information content (AvgIpc) is 2.37. The smallest absolute Gasteiger partial charge is 0.325 e. The Bertz CT molecular complexity index is 655. The maximum absolute atomic E-state index is 12.1. The molecule has 2 N–H and O–H groups in total. The lowest BCUT2D eigenvalue weighted by Crippen LogP contribution is -2.40. The van der Waals surface area contributed by atoms with Crippen molar-refractivity contribution in [3.8, 4) is 0 Å². The Morgan fingerprint density at radius 3 is 2.74 bits per heavy atom. The Balaban J connectivity index is 2.44. The van der Waals surface area contributed by atoms with Crippen LogP contribution in [-0.2, 0) is 11.8 Å². The molecule has 19 heavy (non-hydrogen) atoms. The topological polar surface area (TPSA) is 83.2 Å². The van der Waals surface area contributed by atoms with Crippen LogP contribution in [0, 0.1) is 0 Å². The van der Waals surface area contributed by atoms with Gasteiger partial charge in [-0.3, -0.25) is 9.59 Å². The Morgan fingerprint density at radius 2 is 2.05 bits per heavy atom. The standard InChI is InChI=1S/C13H13N3O3/c1-8(13(18)19)14-12(17)10-7-16(2)15-11-6-4-3-5-9(10)11/h3-8H,1-2H3,(H-,14,17,18,19)/p+1. The molecule has 0 radical (unpaired) electrons. The number of fused-ring (bicyclic) bond motifs is 1. The summed E-state index contributed by atoms with van der Waals surface area (Å²) >= 11 is 0. The predicted molar refractivity (Wildman–Crippen MR) is 67.5 cm³/mol. The molecule has 1 heterocycles. The van der Waals surface area contributed by atoms with Crippen LogP contribution in [-0.4, -0.2) is 28.1 Å². The van der Waals surface area contributed by atoms with Crippen LogP contribution in [0.25, 0.3) is 10.9 Å². The number of carbonyl (C=O) groups is 2. The van der Waals surface area contributed by atoms with E-state index in [1.54, 1.807) is 31.4 Å². The Labute approximate surface area is 109 Å². The lowest BCUT2D eigenvalue weighted by Gasteiger charge is -2.09. The van der Waals surface area contributed by atoms with Crippen molar-refractivity contribution in [3.63, 3.8) is 0 Å². The van der Waals surface area contributed by atoms with E-state index < -0.39 is 17.9 Å². The quantitative estimate of drug-likeness (QED) is 0.776. The van der Waals surface area contributed by atoms with E-state index in [1.807, 2.05) is 6.07 Å². The molecule has 0 aliphatic rings. The second-order valence-corrected chi connectivity index (χ2v) is 4.27.